The molecule has 0 bridgehead atoms. The zero-order valence-electron chi connectivity index (χ0n) is 22.1. The third-order valence-corrected chi connectivity index (χ3v) is 6.26. The Balaban J connectivity index is 1.70. The van der Waals surface area contributed by atoms with Crippen LogP contribution < -0.4 is 21.5 Å². The standard InChI is InChI=1S/C27H33FN8O/c1-16-13-19(29)14-21(26(16)28)17(2)30-27-22-15-20(7-8-23(22)31-18(3)32-27)35(6)24-9-10-25(37)36(33-24)12-11-34(4)5/h7-10,13-15,17H,11-12,29H2,1-6H3,(H,30,31,32)/t17-/m1/s1. The fourth-order valence-corrected chi connectivity index (χ4v) is 4.18. The van der Waals surface area contributed by atoms with E-state index in [9.17, 15) is 9.18 Å². The number of halogens is 1. The summed E-state index contributed by atoms with van der Waals surface area (Å²) in [6, 6.07) is 11.9. The highest BCUT2D eigenvalue weighted by Crippen LogP contribution is 2.31. The summed E-state index contributed by atoms with van der Waals surface area (Å²) in [6.07, 6.45) is 0. The molecule has 0 unspecified atom stereocenters. The Morgan fingerprint density at radius 3 is 2.57 bits per heavy atom. The maximum atomic E-state index is 14.9. The summed E-state index contributed by atoms with van der Waals surface area (Å²) in [5.41, 5.74) is 8.91. The molecule has 37 heavy (non-hydrogen) atoms. The second-order valence-corrected chi connectivity index (χ2v) is 9.54. The molecule has 10 heteroatoms. The van der Waals surface area contributed by atoms with E-state index in [-0.39, 0.29) is 17.4 Å². The zero-order chi connectivity index (χ0) is 26.9. The van der Waals surface area contributed by atoms with Crippen LogP contribution in [0.5, 0.6) is 0 Å². The number of nitrogens with two attached hydrogens (primary N) is 1. The number of anilines is 4. The lowest BCUT2D eigenvalue weighted by molar-refractivity contribution is 0.368. The predicted molar refractivity (Wildman–Crippen MR) is 147 cm³/mol. The van der Waals surface area contributed by atoms with Crippen molar-refractivity contribution in [3.05, 3.63) is 75.6 Å². The number of nitrogens with one attached hydrogen (secondary N) is 1. The number of hydrogen-bond donors (Lipinski definition) is 2. The predicted octanol–water partition coefficient (Wildman–Crippen LogP) is 4.03. The number of benzene rings is 2. The minimum absolute atomic E-state index is 0.147. The zero-order valence-corrected chi connectivity index (χ0v) is 22.1. The Bertz CT molecular complexity index is 1500. The first kappa shape index (κ1) is 26.0. The van der Waals surface area contributed by atoms with Crippen LogP contribution in [-0.2, 0) is 6.54 Å². The number of nitrogens with zero attached hydrogens (tertiary/aromatic N) is 6. The van der Waals surface area contributed by atoms with Gasteiger partial charge in [-0.2, -0.15) is 5.10 Å². The number of aromatic nitrogens is 4. The molecule has 2 aromatic heterocycles. The quantitative estimate of drug-likeness (QED) is 0.347. The van der Waals surface area contributed by atoms with Gasteiger partial charge >= 0.3 is 0 Å². The second-order valence-electron chi connectivity index (χ2n) is 9.54. The van der Waals surface area contributed by atoms with Crippen LogP contribution in [0.2, 0.25) is 0 Å². The highest BCUT2D eigenvalue weighted by molar-refractivity contribution is 5.92. The molecule has 4 aromatic rings. The largest absolute Gasteiger partial charge is 0.399 e. The molecule has 0 amide bonds. The van der Waals surface area contributed by atoms with Gasteiger partial charge in [0, 0.05) is 42.0 Å². The van der Waals surface area contributed by atoms with Crippen LogP contribution in [0.1, 0.15) is 29.9 Å². The van der Waals surface area contributed by atoms with Crippen LogP contribution in [0.4, 0.5) is 27.4 Å². The molecule has 2 heterocycles. The lowest BCUT2D eigenvalue weighted by atomic mass is 10.0. The summed E-state index contributed by atoms with van der Waals surface area (Å²) < 4.78 is 16.3. The summed E-state index contributed by atoms with van der Waals surface area (Å²) in [7, 11) is 5.79. The first-order valence-corrected chi connectivity index (χ1v) is 12.1. The molecule has 0 saturated heterocycles. The maximum Gasteiger partial charge on any atom is 0.266 e. The molecule has 194 valence electrons. The van der Waals surface area contributed by atoms with Crippen molar-refractivity contribution < 1.29 is 4.39 Å². The van der Waals surface area contributed by atoms with E-state index in [1.165, 1.54) is 10.7 Å². The molecule has 4 rings (SSSR count). The van der Waals surface area contributed by atoms with E-state index in [0.29, 0.717) is 47.4 Å². The van der Waals surface area contributed by atoms with Crippen LogP contribution in [0.3, 0.4) is 0 Å². The van der Waals surface area contributed by atoms with Crippen LogP contribution in [0, 0.1) is 19.7 Å². The minimum Gasteiger partial charge on any atom is -0.399 e. The van der Waals surface area contributed by atoms with Gasteiger partial charge in [-0.15, -0.1) is 0 Å². The van der Waals surface area contributed by atoms with Crippen molar-refractivity contribution in [1.29, 1.82) is 0 Å². The molecule has 0 saturated carbocycles. The lowest BCUT2D eigenvalue weighted by Gasteiger charge is -2.22. The van der Waals surface area contributed by atoms with Gasteiger partial charge in [-0.1, -0.05) is 0 Å². The molecule has 0 aliphatic heterocycles. The van der Waals surface area contributed by atoms with E-state index < -0.39 is 0 Å². The number of rotatable bonds is 8. The van der Waals surface area contributed by atoms with Gasteiger partial charge in [-0.05, 0) is 76.8 Å². The van der Waals surface area contributed by atoms with Crippen LogP contribution in [-0.4, -0.2) is 52.3 Å². The molecule has 3 N–H and O–H groups in total. The third-order valence-electron chi connectivity index (χ3n) is 6.26. The van der Waals surface area contributed by atoms with Crippen molar-refractivity contribution in [2.75, 3.05) is 43.6 Å². The molecule has 0 radical (unpaired) electrons. The van der Waals surface area contributed by atoms with Gasteiger partial charge in [-0.3, -0.25) is 4.79 Å². The van der Waals surface area contributed by atoms with Gasteiger partial charge in [0.1, 0.15) is 17.5 Å². The van der Waals surface area contributed by atoms with Crippen molar-refractivity contribution >= 4 is 33.9 Å². The molecule has 9 nitrogen and oxygen atoms in total. The van der Waals surface area contributed by atoms with E-state index in [2.05, 4.69) is 20.4 Å². The Kier molecular flexibility index (Phi) is 7.40. The Hall–Kier alpha value is -4.05. The van der Waals surface area contributed by atoms with Gasteiger partial charge in [-0.25, -0.2) is 19.0 Å². The highest BCUT2D eigenvalue weighted by Gasteiger charge is 2.17. The SMILES string of the molecule is Cc1nc(N[C@H](C)c2cc(N)cc(C)c2F)c2cc(N(C)c3ccc(=O)n(CCN(C)C)n3)ccc2n1. The average Bonchev–Trinajstić information content (AvgIpc) is 2.84. The Morgan fingerprint density at radius 1 is 1.08 bits per heavy atom. The van der Waals surface area contributed by atoms with E-state index in [1.54, 1.807) is 25.1 Å². The smallest absolute Gasteiger partial charge is 0.266 e. The fraction of sp³-hybridized carbons (Fsp3) is 0.333. The Labute approximate surface area is 215 Å². The van der Waals surface area contributed by atoms with Gasteiger partial charge in [0.05, 0.1) is 18.1 Å². The number of likely N-dealkylation sites (N-methyl/N-ethyl adjacent to an activating group) is 1. The van der Waals surface area contributed by atoms with E-state index in [0.717, 1.165) is 16.6 Å². The monoisotopic (exact) mass is 504 g/mol. The molecule has 2 aromatic carbocycles. The molecule has 0 aliphatic carbocycles. The first-order chi connectivity index (χ1) is 17.5. The molecular weight excluding hydrogens is 471 g/mol. The van der Waals surface area contributed by atoms with E-state index in [1.807, 2.05) is 63.0 Å². The molecule has 0 aliphatic rings. The number of hydrogen-bond acceptors (Lipinski definition) is 8. The van der Waals surface area contributed by atoms with Crippen LogP contribution in [0.25, 0.3) is 10.9 Å². The van der Waals surface area contributed by atoms with Gasteiger partial charge in [0.25, 0.3) is 5.56 Å². The first-order valence-electron chi connectivity index (χ1n) is 12.1. The Morgan fingerprint density at radius 2 is 1.84 bits per heavy atom. The average molecular weight is 505 g/mol. The normalized spacial score (nSPS) is 12.2. The summed E-state index contributed by atoms with van der Waals surface area (Å²) in [6.45, 7) is 6.59. The van der Waals surface area contributed by atoms with Crippen molar-refractivity contribution in [2.45, 2.75) is 33.4 Å². The van der Waals surface area contributed by atoms with Crippen LogP contribution in [0.15, 0.2) is 47.3 Å². The maximum absolute atomic E-state index is 14.9. The van der Waals surface area contributed by atoms with E-state index in [4.69, 9.17) is 5.73 Å². The summed E-state index contributed by atoms with van der Waals surface area (Å²) >= 11 is 0. The van der Waals surface area contributed by atoms with Gasteiger partial charge < -0.3 is 20.9 Å². The molecular formula is C27H33FN8O. The van der Waals surface area contributed by atoms with Gasteiger partial charge in [0.2, 0.25) is 0 Å². The summed E-state index contributed by atoms with van der Waals surface area (Å²) in [4.78, 5) is 25.4. The molecule has 0 spiro atoms. The van der Waals surface area contributed by atoms with Crippen molar-refractivity contribution in [3.63, 3.8) is 0 Å². The van der Waals surface area contributed by atoms with E-state index >= 15 is 0 Å². The van der Waals surface area contributed by atoms with Gasteiger partial charge in [0.15, 0.2) is 5.82 Å². The summed E-state index contributed by atoms with van der Waals surface area (Å²) in [5.74, 6) is 1.53. The topological polar surface area (TPSA) is 105 Å². The summed E-state index contributed by atoms with van der Waals surface area (Å²) in [5, 5.41) is 8.69. The number of nitrogen functional groups attached to an aromatic ring is 1. The highest BCUT2D eigenvalue weighted by atomic mass is 19.1. The van der Waals surface area contributed by atoms with Crippen LogP contribution >= 0.6 is 0 Å². The number of fused-ring (bicyclic) bond motifs is 1. The fourth-order valence-electron chi connectivity index (χ4n) is 4.18. The lowest BCUT2D eigenvalue weighted by Crippen LogP contribution is -2.29. The van der Waals surface area contributed by atoms with Crippen molar-refractivity contribution in [3.8, 4) is 0 Å². The molecule has 1 atom stereocenters. The minimum atomic E-state index is -0.386. The third kappa shape index (κ3) is 5.69. The molecule has 0 fully saturated rings. The van der Waals surface area contributed by atoms with Crippen molar-refractivity contribution in [1.82, 2.24) is 24.6 Å². The van der Waals surface area contributed by atoms with Crippen molar-refractivity contribution in [2.24, 2.45) is 0 Å². The number of aryl methyl sites for hydroxylation is 2. The second kappa shape index (κ2) is 10.5.